The Labute approximate surface area is 120 Å². The topological polar surface area (TPSA) is 9.23 Å². The van der Waals surface area contributed by atoms with E-state index in [1.165, 1.54) is 5.56 Å². The largest absolute Gasteiger partial charge is 0.489 e. The fraction of sp³-hybridized carbons (Fsp3) is 0.294. The zero-order chi connectivity index (χ0) is 13.9. The summed E-state index contributed by atoms with van der Waals surface area (Å²) in [6.45, 7) is 7.14. The van der Waals surface area contributed by atoms with E-state index in [9.17, 15) is 0 Å². The van der Waals surface area contributed by atoms with E-state index < -0.39 is 0 Å². The Morgan fingerprint density at radius 2 is 1.58 bits per heavy atom. The maximum absolute atomic E-state index is 5.95. The second-order valence-electron chi connectivity index (χ2n) is 5.66. The molecular formula is C17H19ClO. The fourth-order valence-electron chi connectivity index (χ4n) is 1.95. The second kappa shape index (κ2) is 5.66. The predicted octanol–water partition coefficient (Wildman–Crippen LogP) is 5.22. The maximum Gasteiger partial charge on any atom is 0.123 e. The standard InChI is InChI=1S/C17H19ClO/c1-17(2,3)15-6-4-5-7-16(15)19-12-13-8-10-14(18)11-9-13/h4-11H,12H2,1-3H3. The van der Waals surface area contributed by atoms with Crippen molar-refractivity contribution in [1.29, 1.82) is 0 Å². The minimum atomic E-state index is 0.0799. The Balaban J connectivity index is 2.14. The molecule has 0 N–H and O–H groups in total. The molecule has 0 amide bonds. The van der Waals surface area contributed by atoms with Crippen molar-refractivity contribution in [3.8, 4) is 5.75 Å². The highest BCUT2D eigenvalue weighted by atomic mass is 35.5. The first-order chi connectivity index (χ1) is 8.97. The van der Waals surface area contributed by atoms with Crippen molar-refractivity contribution in [3.05, 3.63) is 64.7 Å². The molecule has 0 saturated carbocycles. The fourth-order valence-corrected chi connectivity index (χ4v) is 2.08. The first-order valence-corrected chi connectivity index (χ1v) is 6.81. The lowest BCUT2D eigenvalue weighted by Crippen LogP contribution is -2.13. The van der Waals surface area contributed by atoms with Crippen molar-refractivity contribution < 1.29 is 4.74 Å². The number of benzene rings is 2. The van der Waals surface area contributed by atoms with Crippen LogP contribution >= 0.6 is 11.6 Å². The van der Waals surface area contributed by atoms with Gasteiger partial charge in [0.15, 0.2) is 0 Å². The summed E-state index contributed by atoms with van der Waals surface area (Å²) in [6.07, 6.45) is 0. The molecule has 0 fully saturated rings. The van der Waals surface area contributed by atoms with E-state index in [0.717, 1.165) is 16.3 Å². The number of halogens is 1. The van der Waals surface area contributed by atoms with Gasteiger partial charge in [0.05, 0.1) is 0 Å². The lowest BCUT2D eigenvalue weighted by Gasteiger charge is -2.22. The molecule has 0 spiro atoms. The van der Waals surface area contributed by atoms with Crippen LogP contribution in [0.3, 0.4) is 0 Å². The molecule has 0 radical (unpaired) electrons. The molecule has 0 aliphatic heterocycles. The lowest BCUT2D eigenvalue weighted by atomic mass is 9.86. The third-order valence-electron chi connectivity index (χ3n) is 3.00. The molecule has 0 unspecified atom stereocenters. The zero-order valence-corrected chi connectivity index (χ0v) is 12.4. The van der Waals surface area contributed by atoms with Crippen molar-refractivity contribution in [2.75, 3.05) is 0 Å². The van der Waals surface area contributed by atoms with Crippen LogP contribution in [0, 0.1) is 0 Å². The highest BCUT2D eigenvalue weighted by Gasteiger charge is 2.18. The van der Waals surface area contributed by atoms with E-state index >= 15 is 0 Å². The summed E-state index contributed by atoms with van der Waals surface area (Å²) >= 11 is 5.87. The summed E-state index contributed by atoms with van der Waals surface area (Å²) in [5, 5.41) is 0.749. The van der Waals surface area contributed by atoms with Gasteiger partial charge in [-0.1, -0.05) is 62.7 Å². The van der Waals surface area contributed by atoms with Gasteiger partial charge in [-0.25, -0.2) is 0 Å². The van der Waals surface area contributed by atoms with Crippen molar-refractivity contribution in [1.82, 2.24) is 0 Å². The highest BCUT2D eigenvalue weighted by Crippen LogP contribution is 2.31. The monoisotopic (exact) mass is 274 g/mol. The van der Waals surface area contributed by atoms with Crippen molar-refractivity contribution in [2.45, 2.75) is 32.8 Å². The van der Waals surface area contributed by atoms with Gasteiger partial charge in [0.1, 0.15) is 12.4 Å². The van der Waals surface area contributed by atoms with Crippen LogP contribution in [0.4, 0.5) is 0 Å². The van der Waals surface area contributed by atoms with E-state index in [4.69, 9.17) is 16.3 Å². The molecule has 0 bridgehead atoms. The molecule has 0 heterocycles. The summed E-state index contributed by atoms with van der Waals surface area (Å²) in [7, 11) is 0. The van der Waals surface area contributed by atoms with Crippen LogP contribution < -0.4 is 4.74 Å². The normalized spacial score (nSPS) is 11.4. The van der Waals surface area contributed by atoms with E-state index in [0.29, 0.717) is 6.61 Å². The van der Waals surface area contributed by atoms with Gasteiger partial charge < -0.3 is 4.74 Å². The summed E-state index contributed by atoms with van der Waals surface area (Å²) in [5.74, 6) is 0.949. The molecule has 100 valence electrons. The molecule has 2 aromatic rings. The van der Waals surface area contributed by atoms with Gasteiger partial charge in [0.2, 0.25) is 0 Å². The van der Waals surface area contributed by atoms with E-state index in [1.807, 2.05) is 36.4 Å². The third kappa shape index (κ3) is 3.74. The van der Waals surface area contributed by atoms with Crippen molar-refractivity contribution in [3.63, 3.8) is 0 Å². The van der Waals surface area contributed by atoms with Crippen LogP contribution in [0.25, 0.3) is 0 Å². The number of hydrogen-bond acceptors (Lipinski definition) is 1. The Morgan fingerprint density at radius 1 is 0.947 bits per heavy atom. The average Bonchev–Trinajstić information content (AvgIpc) is 2.37. The third-order valence-corrected chi connectivity index (χ3v) is 3.25. The molecular weight excluding hydrogens is 256 g/mol. The van der Waals surface area contributed by atoms with Crippen LogP contribution in [-0.2, 0) is 12.0 Å². The van der Waals surface area contributed by atoms with E-state index in [-0.39, 0.29) is 5.41 Å². The maximum atomic E-state index is 5.95. The van der Waals surface area contributed by atoms with Gasteiger partial charge in [0, 0.05) is 5.02 Å². The van der Waals surface area contributed by atoms with Gasteiger partial charge in [0.25, 0.3) is 0 Å². The molecule has 1 nitrogen and oxygen atoms in total. The smallest absolute Gasteiger partial charge is 0.123 e. The summed E-state index contributed by atoms with van der Waals surface area (Å²) in [6, 6.07) is 16.0. The Hall–Kier alpha value is -1.47. The van der Waals surface area contributed by atoms with Crippen LogP contribution in [0.15, 0.2) is 48.5 Å². The van der Waals surface area contributed by atoms with E-state index in [2.05, 4.69) is 32.9 Å². The molecule has 0 aromatic heterocycles. The molecule has 2 aromatic carbocycles. The van der Waals surface area contributed by atoms with Crippen molar-refractivity contribution in [2.24, 2.45) is 0 Å². The average molecular weight is 275 g/mol. The quantitative estimate of drug-likeness (QED) is 0.746. The van der Waals surface area contributed by atoms with Gasteiger partial charge in [-0.3, -0.25) is 0 Å². The molecule has 2 heteroatoms. The second-order valence-corrected chi connectivity index (χ2v) is 6.10. The first kappa shape index (κ1) is 14.0. The minimum absolute atomic E-state index is 0.0799. The Kier molecular flexibility index (Phi) is 4.16. The zero-order valence-electron chi connectivity index (χ0n) is 11.6. The predicted molar refractivity (Wildman–Crippen MR) is 80.9 cm³/mol. The molecule has 0 aliphatic carbocycles. The lowest BCUT2D eigenvalue weighted by molar-refractivity contribution is 0.297. The number of para-hydroxylation sites is 1. The Bertz CT molecular complexity index is 538. The van der Waals surface area contributed by atoms with Gasteiger partial charge in [-0.15, -0.1) is 0 Å². The minimum Gasteiger partial charge on any atom is -0.489 e. The summed E-state index contributed by atoms with van der Waals surface area (Å²) in [4.78, 5) is 0. The van der Waals surface area contributed by atoms with Crippen LogP contribution in [-0.4, -0.2) is 0 Å². The summed E-state index contributed by atoms with van der Waals surface area (Å²) in [5.41, 5.74) is 2.42. The van der Waals surface area contributed by atoms with Gasteiger partial charge >= 0.3 is 0 Å². The van der Waals surface area contributed by atoms with Crippen LogP contribution in [0.2, 0.25) is 5.02 Å². The molecule has 0 aliphatic rings. The Morgan fingerprint density at radius 3 is 2.21 bits per heavy atom. The number of rotatable bonds is 3. The highest BCUT2D eigenvalue weighted by molar-refractivity contribution is 6.30. The van der Waals surface area contributed by atoms with Crippen LogP contribution in [0.5, 0.6) is 5.75 Å². The number of hydrogen-bond donors (Lipinski definition) is 0. The molecule has 2 rings (SSSR count). The first-order valence-electron chi connectivity index (χ1n) is 6.43. The van der Waals surface area contributed by atoms with Gasteiger partial charge in [-0.2, -0.15) is 0 Å². The van der Waals surface area contributed by atoms with Crippen molar-refractivity contribution >= 4 is 11.6 Å². The van der Waals surface area contributed by atoms with Gasteiger partial charge in [-0.05, 0) is 34.7 Å². The summed E-state index contributed by atoms with van der Waals surface area (Å²) < 4.78 is 5.95. The van der Waals surface area contributed by atoms with E-state index in [1.54, 1.807) is 0 Å². The number of ether oxygens (including phenoxy) is 1. The SMILES string of the molecule is CC(C)(C)c1ccccc1OCc1ccc(Cl)cc1. The van der Waals surface area contributed by atoms with Crippen LogP contribution in [0.1, 0.15) is 31.9 Å². The molecule has 0 atom stereocenters. The molecule has 0 saturated heterocycles. The molecule has 19 heavy (non-hydrogen) atoms.